The fourth-order valence-electron chi connectivity index (χ4n) is 2.65. The van der Waals surface area contributed by atoms with E-state index in [0.29, 0.717) is 12.5 Å². The molecule has 0 bridgehead atoms. The van der Waals surface area contributed by atoms with Crippen LogP contribution in [0.5, 0.6) is 0 Å². The molecule has 1 heterocycles. The van der Waals surface area contributed by atoms with Crippen LogP contribution >= 0.6 is 0 Å². The molecule has 0 aromatic rings. The van der Waals surface area contributed by atoms with Crippen molar-refractivity contribution >= 4 is 5.91 Å². The Labute approximate surface area is 105 Å². The van der Waals surface area contributed by atoms with Crippen LogP contribution in [-0.2, 0) is 4.79 Å². The van der Waals surface area contributed by atoms with Crippen LogP contribution in [0, 0.1) is 5.92 Å². The Kier molecular flexibility index (Phi) is 4.84. The van der Waals surface area contributed by atoms with Gasteiger partial charge >= 0.3 is 0 Å². The number of carbonyl (C=O) groups excluding carboxylic acids is 1. The van der Waals surface area contributed by atoms with Crippen molar-refractivity contribution in [2.45, 2.75) is 45.4 Å². The van der Waals surface area contributed by atoms with Gasteiger partial charge in [-0.25, -0.2) is 0 Å². The minimum absolute atomic E-state index is 0.360. The SMILES string of the molecule is CCCN(CC(=O)N1CCCCC1)CC1CC1. The van der Waals surface area contributed by atoms with Crippen molar-refractivity contribution in [1.82, 2.24) is 9.80 Å². The van der Waals surface area contributed by atoms with Gasteiger partial charge in [0.15, 0.2) is 0 Å². The van der Waals surface area contributed by atoms with E-state index in [2.05, 4.69) is 16.7 Å². The van der Waals surface area contributed by atoms with E-state index in [1.165, 1.54) is 32.1 Å². The number of nitrogens with zero attached hydrogens (tertiary/aromatic N) is 2. The van der Waals surface area contributed by atoms with Crippen molar-refractivity contribution in [2.75, 3.05) is 32.7 Å². The highest BCUT2D eigenvalue weighted by molar-refractivity contribution is 5.78. The summed E-state index contributed by atoms with van der Waals surface area (Å²) >= 11 is 0. The monoisotopic (exact) mass is 238 g/mol. The van der Waals surface area contributed by atoms with Crippen molar-refractivity contribution in [2.24, 2.45) is 5.92 Å². The molecule has 1 aliphatic heterocycles. The quantitative estimate of drug-likeness (QED) is 0.707. The Bertz CT molecular complexity index is 245. The average Bonchev–Trinajstić information content (AvgIpc) is 3.14. The molecule has 2 fully saturated rings. The van der Waals surface area contributed by atoms with Crippen LogP contribution in [0.3, 0.4) is 0 Å². The Morgan fingerprint density at radius 1 is 1.24 bits per heavy atom. The van der Waals surface area contributed by atoms with Crippen molar-refractivity contribution in [1.29, 1.82) is 0 Å². The number of amides is 1. The van der Waals surface area contributed by atoms with Crippen molar-refractivity contribution in [3.8, 4) is 0 Å². The molecular formula is C14H26N2O. The third-order valence-electron chi connectivity index (χ3n) is 3.82. The number of rotatable bonds is 6. The highest BCUT2D eigenvalue weighted by Crippen LogP contribution is 2.29. The Balaban J connectivity index is 1.76. The van der Waals surface area contributed by atoms with E-state index < -0.39 is 0 Å². The predicted molar refractivity (Wildman–Crippen MR) is 69.9 cm³/mol. The van der Waals surface area contributed by atoms with E-state index in [-0.39, 0.29) is 0 Å². The molecule has 1 amide bonds. The van der Waals surface area contributed by atoms with Crippen LogP contribution in [-0.4, -0.2) is 48.4 Å². The van der Waals surface area contributed by atoms with Crippen LogP contribution in [0.4, 0.5) is 0 Å². The van der Waals surface area contributed by atoms with Gasteiger partial charge in [0.1, 0.15) is 0 Å². The molecule has 3 heteroatoms. The number of carbonyl (C=O) groups is 1. The first kappa shape index (κ1) is 12.9. The zero-order valence-corrected chi connectivity index (χ0v) is 11.2. The zero-order valence-electron chi connectivity index (χ0n) is 11.2. The van der Waals surface area contributed by atoms with Crippen molar-refractivity contribution in [3.63, 3.8) is 0 Å². The molecule has 2 rings (SSSR count). The lowest BCUT2D eigenvalue weighted by atomic mass is 10.1. The first-order valence-electron chi connectivity index (χ1n) is 7.29. The second kappa shape index (κ2) is 6.39. The summed E-state index contributed by atoms with van der Waals surface area (Å²) in [6, 6.07) is 0. The van der Waals surface area contributed by atoms with Crippen LogP contribution in [0.25, 0.3) is 0 Å². The van der Waals surface area contributed by atoms with Gasteiger partial charge in [-0.15, -0.1) is 0 Å². The van der Waals surface area contributed by atoms with Crippen LogP contribution in [0.2, 0.25) is 0 Å². The maximum atomic E-state index is 12.2. The molecule has 3 nitrogen and oxygen atoms in total. The van der Waals surface area contributed by atoms with Gasteiger partial charge in [0.2, 0.25) is 5.91 Å². The normalized spacial score (nSPS) is 20.9. The van der Waals surface area contributed by atoms with E-state index in [1.54, 1.807) is 0 Å². The molecule has 0 radical (unpaired) electrons. The number of piperidine rings is 1. The number of hydrogen-bond acceptors (Lipinski definition) is 2. The fourth-order valence-corrected chi connectivity index (χ4v) is 2.65. The molecule has 98 valence electrons. The zero-order chi connectivity index (χ0) is 12.1. The fraction of sp³-hybridized carbons (Fsp3) is 0.929. The van der Waals surface area contributed by atoms with Gasteiger partial charge in [0.05, 0.1) is 6.54 Å². The lowest BCUT2D eigenvalue weighted by molar-refractivity contribution is -0.133. The maximum Gasteiger partial charge on any atom is 0.236 e. The minimum atomic E-state index is 0.360. The molecule has 0 aromatic heterocycles. The second-order valence-corrected chi connectivity index (χ2v) is 5.62. The topological polar surface area (TPSA) is 23.6 Å². The minimum Gasteiger partial charge on any atom is -0.342 e. The van der Waals surface area contributed by atoms with Gasteiger partial charge in [-0.2, -0.15) is 0 Å². The molecule has 0 N–H and O–H groups in total. The number of hydrogen-bond donors (Lipinski definition) is 0. The van der Waals surface area contributed by atoms with E-state index in [9.17, 15) is 4.79 Å². The summed E-state index contributed by atoms with van der Waals surface area (Å²) in [7, 11) is 0. The molecule has 2 aliphatic rings. The molecule has 17 heavy (non-hydrogen) atoms. The Hall–Kier alpha value is -0.570. The third kappa shape index (κ3) is 4.30. The summed E-state index contributed by atoms with van der Waals surface area (Å²) in [6.07, 6.45) is 7.59. The van der Waals surface area contributed by atoms with E-state index in [1.807, 2.05) is 0 Å². The predicted octanol–water partition coefficient (Wildman–Crippen LogP) is 2.12. The van der Waals surface area contributed by atoms with Gasteiger partial charge in [0, 0.05) is 19.6 Å². The largest absolute Gasteiger partial charge is 0.342 e. The van der Waals surface area contributed by atoms with Gasteiger partial charge in [0.25, 0.3) is 0 Å². The highest BCUT2D eigenvalue weighted by Gasteiger charge is 2.26. The van der Waals surface area contributed by atoms with Gasteiger partial charge < -0.3 is 4.90 Å². The summed E-state index contributed by atoms with van der Waals surface area (Å²) < 4.78 is 0. The molecule has 1 aliphatic carbocycles. The number of likely N-dealkylation sites (tertiary alicyclic amines) is 1. The maximum absolute atomic E-state index is 12.2. The molecule has 1 saturated heterocycles. The summed E-state index contributed by atoms with van der Waals surface area (Å²) in [5, 5.41) is 0. The Morgan fingerprint density at radius 3 is 2.53 bits per heavy atom. The summed E-state index contributed by atoms with van der Waals surface area (Å²) in [5.74, 6) is 1.24. The molecule has 0 spiro atoms. The van der Waals surface area contributed by atoms with Gasteiger partial charge in [-0.1, -0.05) is 6.92 Å². The van der Waals surface area contributed by atoms with E-state index in [4.69, 9.17) is 0 Å². The van der Waals surface area contributed by atoms with Gasteiger partial charge in [-0.05, 0) is 51.0 Å². The van der Waals surface area contributed by atoms with Crippen LogP contribution in [0.15, 0.2) is 0 Å². The first-order chi connectivity index (χ1) is 8.29. The van der Waals surface area contributed by atoms with E-state index >= 15 is 0 Å². The second-order valence-electron chi connectivity index (χ2n) is 5.62. The molecule has 0 aromatic carbocycles. The standard InChI is InChI=1S/C14H26N2O/c1-2-8-15(11-13-6-7-13)12-14(17)16-9-4-3-5-10-16/h13H,2-12H2,1H3. The summed E-state index contributed by atoms with van der Waals surface area (Å²) in [4.78, 5) is 16.6. The Morgan fingerprint density at radius 2 is 1.94 bits per heavy atom. The lowest BCUT2D eigenvalue weighted by Crippen LogP contribution is -2.43. The van der Waals surface area contributed by atoms with Crippen molar-refractivity contribution < 1.29 is 4.79 Å². The van der Waals surface area contributed by atoms with Crippen LogP contribution < -0.4 is 0 Å². The lowest BCUT2D eigenvalue weighted by Gasteiger charge is -2.30. The first-order valence-corrected chi connectivity index (χ1v) is 7.29. The van der Waals surface area contributed by atoms with E-state index in [0.717, 1.165) is 38.5 Å². The third-order valence-corrected chi connectivity index (χ3v) is 3.82. The summed E-state index contributed by atoms with van der Waals surface area (Å²) in [5.41, 5.74) is 0. The molecule has 1 saturated carbocycles. The smallest absolute Gasteiger partial charge is 0.236 e. The summed E-state index contributed by atoms with van der Waals surface area (Å²) in [6.45, 7) is 7.06. The van der Waals surface area contributed by atoms with Crippen molar-refractivity contribution in [3.05, 3.63) is 0 Å². The molecular weight excluding hydrogens is 212 g/mol. The average molecular weight is 238 g/mol. The molecule has 0 atom stereocenters. The van der Waals surface area contributed by atoms with Gasteiger partial charge in [-0.3, -0.25) is 9.69 Å². The van der Waals surface area contributed by atoms with Crippen LogP contribution in [0.1, 0.15) is 45.4 Å². The molecule has 0 unspecified atom stereocenters. The highest BCUT2D eigenvalue weighted by atomic mass is 16.2.